The molecule has 3 atom stereocenters. The van der Waals surface area contributed by atoms with Crippen LogP contribution in [0.15, 0.2) is 55.0 Å². The van der Waals surface area contributed by atoms with E-state index in [4.69, 9.17) is 4.74 Å². The molecule has 2 aliphatic heterocycles. The van der Waals surface area contributed by atoms with Gasteiger partial charge in [-0.1, -0.05) is 18.2 Å². The Balaban J connectivity index is 1.55. The van der Waals surface area contributed by atoms with Crippen molar-refractivity contribution in [3.05, 3.63) is 77.6 Å². The number of aryl methyl sites for hydroxylation is 1. The molecule has 2 aliphatic rings. The third kappa shape index (κ3) is 4.60. The standard InChI is InChI=1S/C28H33FN4O4S/c1-19-15-31(18-30-19)25-11-8-22(14-26(25)37-3)24-16-32(38(4,35)36)17-28(24)12-5-13-33(27(28)34)20(2)21-6-9-23(29)10-7-21/h6-11,14-15,18,20,24H,5,12-13,16-17H2,1-4H3/t20-,24?,28?/m0/s1. The van der Waals surface area contributed by atoms with Crippen LogP contribution in [0.1, 0.15) is 48.5 Å². The number of ether oxygens (including phenoxy) is 1. The monoisotopic (exact) mass is 540 g/mol. The second-order valence-corrected chi connectivity index (χ2v) is 12.4. The molecule has 0 bridgehead atoms. The molecule has 2 saturated heterocycles. The summed E-state index contributed by atoms with van der Waals surface area (Å²) >= 11 is 0. The van der Waals surface area contributed by atoms with E-state index < -0.39 is 15.4 Å². The van der Waals surface area contributed by atoms with Crippen molar-refractivity contribution in [3.63, 3.8) is 0 Å². The van der Waals surface area contributed by atoms with Gasteiger partial charge < -0.3 is 14.2 Å². The van der Waals surface area contributed by atoms with Crippen LogP contribution < -0.4 is 4.74 Å². The van der Waals surface area contributed by atoms with Gasteiger partial charge in [-0.3, -0.25) is 4.79 Å². The minimum absolute atomic E-state index is 0.0648. The molecule has 2 fully saturated rings. The number of sulfonamides is 1. The lowest BCUT2D eigenvalue weighted by Crippen LogP contribution is -2.53. The van der Waals surface area contributed by atoms with E-state index in [0.29, 0.717) is 18.7 Å². The highest BCUT2D eigenvalue weighted by molar-refractivity contribution is 7.88. The van der Waals surface area contributed by atoms with Crippen LogP contribution in [-0.2, 0) is 14.8 Å². The Kier molecular flexibility index (Phi) is 6.81. The summed E-state index contributed by atoms with van der Waals surface area (Å²) in [5, 5.41) is 0. The number of rotatable bonds is 6. The number of hydrogen-bond donors (Lipinski definition) is 0. The number of aromatic nitrogens is 2. The molecule has 3 heterocycles. The summed E-state index contributed by atoms with van der Waals surface area (Å²) < 4.78 is 48.0. The van der Waals surface area contributed by atoms with Gasteiger partial charge in [-0.25, -0.2) is 22.1 Å². The van der Waals surface area contributed by atoms with Crippen LogP contribution in [0.4, 0.5) is 4.39 Å². The fourth-order valence-corrected chi connectivity index (χ4v) is 6.93. The summed E-state index contributed by atoms with van der Waals surface area (Å²) in [6.07, 6.45) is 6.14. The minimum atomic E-state index is -3.52. The SMILES string of the molecule is COc1cc(C2CN(S(C)(=O)=O)CC23CCCN([C@@H](C)c2ccc(F)cc2)C3=O)ccc1-n1cnc(C)c1. The molecule has 8 nitrogen and oxygen atoms in total. The van der Waals surface area contributed by atoms with Crippen molar-refractivity contribution in [1.82, 2.24) is 18.8 Å². The van der Waals surface area contributed by atoms with E-state index in [-0.39, 0.29) is 36.8 Å². The maximum absolute atomic E-state index is 14.3. The third-order valence-corrected chi connectivity index (χ3v) is 9.32. The molecule has 1 aromatic heterocycles. The number of carbonyl (C=O) groups is 1. The van der Waals surface area contributed by atoms with Crippen LogP contribution in [0.5, 0.6) is 5.75 Å². The van der Waals surface area contributed by atoms with Crippen molar-refractivity contribution in [2.24, 2.45) is 5.41 Å². The number of imidazole rings is 1. The maximum atomic E-state index is 14.3. The highest BCUT2D eigenvalue weighted by atomic mass is 32.2. The Morgan fingerprint density at radius 3 is 2.55 bits per heavy atom. The molecule has 2 aromatic carbocycles. The quantitative estimate of drug-likeness (QED) is 0.471. The van der Waals surface area contributed by atoms with Crippen LogP contribution >= 0.6 is 0 Å². The number of benzene rings is 2. The Morgan fingerprint density at radius 2 is 1.92 bits per heavy atom. The van der Waals surface area contributed by atoms with E-state index >= 15 is 0 Å². The predicted molar refractivity (Wildman–Crippen MR) is 142 cm³/mol. The van der Waals surface area contributed by atoms with Crippen molar-refractivity contribution in [2.75, 3.05) is 33.0 Å². The molecule has 202 valence electrons. The molecule has 2 unspecified atom stereocenters. The fourth-order valence-electron chi connectivity index (χ4n) is 6.04. The smallest absolute Gasteiger partial charge is 0.231 e. The summed E-state index contributed by atoms with van der Waals surface area (Å²) in [6, 6.07) is 11.7. The normalized spacial score (nSPS) is 23.2. The van der Waals surface area contributed by atoms with Crippen molar-refractivity contribution in [1.29, 1.82) is 0 Å². The Morgan fingerprint density at radius 1 is 1.18 bits per heavy atom. The fraction of sp³-hybridized carbons (Fsp3) is 0.429. The number of nitrogens with zero attached hydrogens (tertiary/aromatic N) is 4. The summed E-state index contributed by atoms with van der Waals surface area (Å²) in [4.78, 5) is 20.4. The molecule has 0 radical (unpaired) electrons. The van der Waals surface area contributed by atoms with E-state index in [9.17, 15) is 17.6 Å². The molecule has 10 heteroatoms. The lowest BCUT2D eigenvalue weighted by molar-refractivity contribution is -0.149. The average molecular weight is 541 g/mol. The molecule has 1 amide bonds. The molecule has 3 aromatic rings. The van der Waals surface area contributed by atoms with E-state index in [1.54, 1.807) is 25.6 Å². The van der Waals surface area contributed by atoms with Gasteiger partial charge in [0.15, 0.2) is 0 Å². The maximum Gasteiger partial charge on any atom is 0.231 e. The number of likely N-dealkylation sites (tertiary alicyclic amines) is 1. The van der Waals surface area contributed by atoms with E-state index in [1.807, 2.05) is 47.7 Å². The first-order chi connectivity index (χ1) is 18.0. The second kappa shape index (κ2) is 9.81. The number of piperidine rings is 1. The van der Waals surface area contributed by atoms with Gasteiger partial charge in [-0.05, 0) is 62.1 Å². The van der Waals surface area contributed by atoms with Crippen LogP contribution in [0.2, 0.25) is 0 Å². The van der Waals surface area contributed by atoms with Crippen LogP contribution in [0, 0.1) is 18.2 Å². The van der Waals surface area contributed by atoms with Gasteiger partial charge >= 0.3 is 0 Å². The predicted octanol–water partition coefficient (Wildman–Crippen LogP) is 4.06. The van der Waals surface area contributed by atoms with Crippen molar-refractivity contribution < 1.29 is 22.3 Å². The first kappa shape index (κ1) is 26.4. The average Bonchev–Trinajstić information content (AvgIpc) is 3.50. The van der Waals surface area contributed by atoms with E-state index in [1.165, 1.54) is 22.7 Å². The number of amides is 1. The summed E-state index contributed by atoms with van der Waals surface area (Å²) in [6.45, 7) is 4.76. The Labute approximate surface area is 223 Å². The number of carbonyl (C=O) groups excluding carboxylic acids is 1. The second-order valence-electron chi connectivity index (χ2n) is 10.4. The van der Waals surface area contributed by atoms with Crippen LogP contribution in [0.25, 0.3) is 5.69 Å². The first-order valence-corrected chi connectivity index (χ1v) is 14.6. The molecule has 0 saturated carbocycles. The summed E-state index contributed by atoms with van der Waals surface area (Å²) in [5.74, 6) is -0.122. The Bertz CT molecular complexity index is 1460. The zero-order chi connectivity index (χ0) is 27.2. The lowest BCUT2D eigenvalue weighted by atomic mass is 9.68. The number of methoxy groups -OCH3 is 1. The summed E-state index contributed by atoms with van der Waals surface area (Å²) in [7, 11) is -1.93. The van der Waals surface area contributed by atoms with Gasteiger partial charge in [0.1, 0.15) is 11.6 Å². The van der Waals surface area contributed by atoms with Gasteiger partial charge in [0.2, 0.25) is 15.9 Å². The Hall–Kier alpha value is -3.24. The third-order valence-electron chi connectivity index (χ3n) is 8.11. The zero-order valence-corrected chi connectivity index (χ0v) is 22.9. The largest absolute Gasteiger partial charge is 0.495 e. The molecular formula is C28H33FN4O4S. The van der Waals surface area contributed by atoms with Crippen molar-refractivity contribution in [2.45, 2.75) is 38.6 Å². The van der Waals surface area contributed by atoms with Gasteiger partial charge in [-0.15, -0.1) is 0 Å². The number of halogens is 1. The first-order valence-electron chi connectivity index (χ1n) is 12.7. The van der Waals surface area contributed by atoms with E-state index in [0.717, 1.165) is 28.9 Å². The molecule has 0 aliphatic carbocycles. The highest BCUT2D eigenvalue weighted by Gasteiger charge is 2.57. The molecule has 0 N–H and O–H groups in total. The lowest BCUT2D eigenvalue weighted by Gasteiger charge is -2.45. The van der Waals surface area contributed by atoms with Crippen molar-refractivity contribution >= 4 is 15.9 Å². The van der Waals surface area contributed by atoms with Gasteiger partial charge in [-0.2, -0.15) is 0 Å². The van der Waals surface area contributed by atoms with E-state index in [2.05, 4.69) is 4.98 Å². The van der Waals surface area contributed by atoms with Crippen LogP contribution in [-0.4, -0.2) is 66.1 Å². The number of hydrogen-bond acceptors (Lipinski definition) is 5. The minimum Gasteiger partial charge on any atom is -0.495 e. The molecule has 5 rings (SSSR count). The molecular weight excluding hydrogens is 507 g/mol. The van der Waals surface area contributed by atoms with Crippen LogP contribution in [0.3, 0.4) is 0 Å². The zero-order valence-electron chi connectivity index (χ0n) is 22.1. The van der Waals surface area contributed by atoms with Crippen molar-refractivity contribution in [3.8, 4) is 11.4 Å². The van der Waals surface area contributed by atoms with Gasteiger partial charge in [0.25, 0.3) is 0 Å². The highest BCUT2D eigenvalue weighted by Crippen LogP contribution is 2.51. The van der Waals surface area contributed by atoms with Gasteiger partial charge in [0, 0.05) is 31.7 Å². The molecule has 1 spiro atoms. The van der Waals surface area contributed by atoms with Gasteiger partial charge in [0.05, 0.1) is 42.5 Å². The topological polar surface area (TPSA) is 84.7 Å². The summed E-state index contributed by atoms with van der Waals surface area (Å²) in [5.41, 5.74) is 2.47. The molecule has 38 heavy (non-hydrogen) atoms.